The van der Waals surface area contributed by atoms with Gasteiger partial charge in [-0.25, -0.2) is 24.4 Å². The molecular formula is C24H30F2N8O3. The summed E-state index contributed by atoms with van der Waals surface area (Å²) in [7, 11) is 0. The predicted molar refractivity (Wildman–Crippen MR) is 133 cm³/mol. The van der Waals surface area contributed by atoms with Crippen LogP contribution in [-0.2, 0) is 15.5 Å². The van der Waals surface area contributed by atoms with Crippen molar-refractivity contribution in [3.8, 4) is 5.82 Å². The molecule has 0 aromatic carbocycles. The van der Waals surface area contributed by atoms with Crippen LogP contribution in [0.4, 0.5) is 25.2 Å². The molecule has 3 aromatic heterocycles. The van der Waals surface area contributed by atoms with Crippen LogP contribution in [0, 0.1) is 6.92 Å². The Morgan fingerprint density at radius 3 is 2.54 bits per heavy atom. The molecule has 11 nitrogen and oxygen atoms in total. The molecule has 2 N–H and O–H groups in total. The first-order valence-electron chi connectivity index (χ1n) is 11.8. The van der Waals surface area contributed by atoms with Crippen LogP contribution in [0.2, 0.25) is 0 Å². The number of nitrogens with zero attached hydrogens (tertiary/aromatic N) is 6. The van der Waals surface area contributed by atoms with Crippen molar-refractivity contribution in [1.82, 2.24) is 30.0 Å². The number of hydrogen-bond acceptors (Lipinski definition) is 8. The van der Waals surface area contributed by atoms with E-state index in [4.69, 9.17) is 9.84 Å². The maximum atomic E-state index is 14.1. The van der Waals surface area contributed by atoms with Gasteiger partial charge < -0.3 is 20.3 Å². The molecular weight excluding hydrogens is 486 g/mol. The van der Waals surface area contributed by atoms with Crippen LogP contribution in [0.15, 0.2) is 18.3 Å². The molecule has 0 radical (unpaired) electrons. The number of alkyl halides is 2. The maximum Gasteiger partial charge on any atom is 0.407 e. The summed E-state index contributed by atoms with van der Waals surface area (Å²) in [6, 6.07) is 3.00. The van der Waals surface area contributed by atoms with Gasteiger partial charge in [0.15, 0.2) is 11.6 Å². The van der Waals surface area contributed by atoms with E-state index in [1.807, 2.05) is 4.90 Å². The second-order valence-electron chi connectivity index (χ2n) is 10.2. The lowest BCUT2D eigenvalue weighted by molar-refractivity contribution is -0.114. The second-order valence-corrected chi connectivity index (χ2v) is 10.2. The normalized spacial score (nSPS) is 16.2. The first-order valence-corrected chi connectivity index (χ1v) is 11.8. The van der Waals surface area contributed by atoms with Crippen molar-refractivity contribution in [2.24, 2.45) is 0 Å². The van der Waals surface area contributed by atoms with Crippen LogP contribution in [0.5, 0.6) is 0 Å². The van der Waals surface area contributed by atoms with Crippen molar-refractivity contribution in [2.75, 3.05) is 23.3 Å². The Kier molecular flexibility index (Phi) is 6.74. The molecule has 198 valence electrons. The maximum absolute atomic E-state index is 14.1. The van der Waals surface area contributed by atoms with E-state index in [1.54, 1.807) is 46.0 Å². The third-order valence-corrected chi connectivity index (χ3v) is 5.51. The third-order valence-electron chi connectivity index (χ3n) is 5.51. The zero-order valence-electron chi connectivity index (χ0n) is 21.6. The van der Waals surface area contributed by atoms with Crippen LogP contribution < -0.4 is 15.5 Å². The van der Waals surface area contributed by atoms with Gasteiger partial charge in [-0.3, -0.25) is 4.79 Å². The topological polar surface area (TPSA) is 127 Å². The molecule has 37 heavy (non-hydrogen) atoms. The molecule has 1 atom stereocenters. The molecule has 13 heteroatoms. The van der Waals surface area contributed by atoms with Gasteiger partial charge in [0.1, 0.15) is 11.4 Å². The van der Waals surface area contributed by atoms with Crippen molar-refractivity contribution in [3.63, 3.8) is 0 Å². The fourth-order valence-corrected chi connectivity index (χ4v) is 4.05. The van der Waals surface area contributed by atoms with Crippen molar-refractivity contribution in [3.05, 3.63) is 29.8 Å². The number of carbonyl (C=O) groups is 2. The number of anilines is 2. The zero-order chi connectivity index (χ0) is 27.1. The highest BCUT2D eigenvalue weighted by atomic mass is 19.3. The van der Waals surface area contributed by atoms with Crippen LogP contribution in [0.25, 0.3) is 16.7 Å². The second kappa shape index (κ2) is 9.52. The largest absolute Gasteiger partial charge is 0.444 e. The number of amides is 2. The van der Waals surface area contributed by atoms with Crippen LogP contribution in [0.1, 0.15) is 52.6 Å². The summed E-state index contributed by atoms with van der Waals surface area (Å²) in [4.78, 5) is 38.1. The average molecular weight is 517 g/mol. The molecule has 3 aromatic rings. The highest BCUT2D eigenvalue weighted by Gasteiger charge is 2.31. The Bertz CT molecular complexity index is 1350. The number of rotatable bonds is 5. The van der Waals surface area contributed by atoms with Gasteiger partial charge in [-0.1, -0.05) is 0 Å². The van der Waals surface area contributed by atoms with Gasteiger partial charge >= 0.3 is 12.0 Å². The number of ether oxygens (including phenoxy) is 1. The standard InChI is InChI=1S/C24H30F2N8O3/c1-13-9-19(31-21(28-13)24(6,25)26)34-17-10-18(29-14(2)35)27-11-16(17)20(32-34)33-8-7-15(12-33)30-22(36)37-23(3,4)5/h9-11,15H,7-8,12H2,1-6H3,(H,30,36)(H,27,29,35). The SMILES string of the molecule is CC(=O)Nc1cc2c(cn1)c(N1CCC(NC(=O)OC(C)(C)C)C1)nn2-c1cc(C)nc(C(C)(F)F)n1. The summed E-state index contributed by atoms with van der Waals surface area (Å²) in [6.07, 6.45) is 1.72. The molecule has 0 aliphatic carbocycles. The molecule has 1 aliphatic heterocycles. The highest BCUT2D eigenvalue weighted by molar-refractivity contribution is 5.95. The van der Waals surface area contributed by atoms with E-state index in [0.29, 0.717) is 41.9 Å². The molecule has 4 heterocycles. The number of aromatic nitrogens is 5. The minimum absolute atomic E-state index is 0.155. The van der Waals surface area contributed by atoms with E-state index >= 15 is 0 Å². The van der Waals surface area contributed by atoms with Gasteiger partial charge in [-0.15, -0.1) is 5.10 Å². The van der Waals surface area contributed by atoms with E-state index in [1.165, 1.54) is 11.6 Å². The third kappa shape index (κ3) is 6.09. The molecule has 0 spiro atoms. The number of nitrogens with one attached hydrogen (secondary N) is 2. The van der Waals surface area contributed by atoms with Gasteiger partial charge in [0.2, 0.25) is 11.7 Å². The summed E-state index contributed by atoms with van der Waals surface area (Å²) in [5.74, 6) is -3.18. The van der Waals surface area contributed by atoms with E-state index in [0.717, 1.165) is 6.92 Å². The van der Waals surface area contributed by atoms with Gasteiger partial charge in [0.25, 0.3) is 0 Å². The van der Waals surface area contributed by atoms with Gasteiger partial charge in [-0.2, -0.15) is 8.78 Å². The fraction of sp³-hybridized carbons (Fsp3) is 0.500. The van der Waals surface area contributed by atoms with Crippen molar-refractivity contribution < 1.29 is 23.1 Å². The number of halogens is 2. The lowest BCUT2D eigenvalue weighted by atomic mass is 10.2. The van der Waals surface area contributed by atoms with Gasteiger partial charge in [0, 0.05) is 51.0 Å². The van der Waals surface area contributed by atoms with Gasteiger partial charge in [0.05, 0.1) is 16.9 Å². The minimum atomic E-state index is -3.25. The molecule has 1 saturated heterocycles. The lowest BCUT2D eigenvalue weighted by Gasteiger charge is -2.22. The minimum Gasteiger partial charge on any atom is -0.444 e. The Morgan fingerprint density at radius 1 is 1.16 bits per heavy atom. The average Bonchev–Trinajstić information content (AvgIpc) is 3.35. The molecule has 0 saturated carbocycles. The van der Waals surface area contributed by atoms with Crippen molar-refractivity contribution >= 4 is 34.5 Å². The molecule has 4 rings (SSSR count). The number of pyridine rings is 1. The van der Waals surface area contributed by atoms with Crippen LogP contribution >= 0.6 is 0 Å². The van der Waals surface area contributed by atoms with E-state index in [9.17, 15) is 18.4 Å². The number of fused-ring (bicyclic) bond motifs is 1. The number of alkyl carbamates (subject to hydrolysis) is 1. The van der Waals surface area contributed by atoms with E-state index < -0.39 is 23.4 Å². The van der Waals surface area contributed by atoms with Crippen molar-refractivity contribution in [1.29, 1.82) is 0 Å². The molecule has 1 fully saturated rings. The Labute approximate surface area is 212 Å². The predicted octanol–water partition coefficient (Wildman–Crippen LogP) is 3.69. The first kappa shape index (κ1) is 26.2. The summed E-state index contributed by atoms with van der Waals surface area (Å²) in [6.45, 7) is 10.1. The fourth-order valence-electron chi connectivity index (χ4n) is 4.05. The highest BCUT2D eigenvalue weighted by Crippen LogP contribution is 2.32. The summed E-state index contributed by atoms with van der Waals surface area (Å²) >= 11 is 0. The molecule has 2 amide bonds. The number of carbonyl (C=O) groups excluding carboxylic acids is 2. The molecule has 0 bridgehead atoms. The Balaban J connectivity index is 1.73. The zero-order valence-corrected chi connectivity index (χ0v) is 21.6. The summed E-state index contributed by atoms with van der Waals surface area (Å²) in [5.41, 5.74) is 0.254. The Morgan fingerprint density at radius 2 is 1.89 bits per heavy atom. The molecule has 1 aliphatic rings. The molecule has 1 unspecified atom stereocenters. The first-order chi connectivity index (χ1) is 17.2. The number of aryl methyl sites for hydroxylation is 1. The number of hydrogen-bond donors (Lipinski definition) is 2. The summed E-state index contributed by atoms with van der Waals surface area (Å²) in [5, 5.41) is 10.9. The van der Waals surface area contributed by atoms with Crippen molar-refractivity contribution in [2.45, 2.75) is 65.5 Å². The smallest absolute Gasteiger partial charge is 0.407 e. The van der Waals surface area contributed by atoms with Crippen LogP contribution in [-0.4, -0.2) is 61.5 Å². The lowest BCUT2D eigenvalue weighted by Crippen LogP contribution is -2.40. The summed E-state index contributed by atoms with van der Waals surface area (Å²) < 4.78 is 35.0. The Hall–Kier alpha value is -3.90. The van der Waals surface area contributed by atoms with E-state index in [2.05, 4.69) is 25.6 Å². The van der Waals surface area contributed by atoms with Crippen LogP contribution in [0.3, 0.4) is 0 Å². The monoisotopic (exact) mass is 516 g/mol. The quantitative estimate of drug-likeness (QED) is 0.526. The van der Waals surface area contributed by atoms with Gasteiger partial charge in [-0.05, 0) is 34.1 Å². The van der Waals surface area contributed by atoms with E-state index in [-0.39, 0.29) is 23.6 Å².